The van der Waals surface area contributed by atoms with E-state index in [0.717, 1.165) is 27.3 Å². The Labute approximate surface area is 238 Å². The van der Waals surface area contributed by atoms with Crippen LogP contribution in [0.1, 0.15) is 37.5 Å². The zero-order valence-corrected chi connectivity index (χ0v) is 24.6. The van der Waals surface area contributed by atoms with Crippen LogP contribution >= 0.6 is 0 Å². The first-order chi connectivity index (χ1) is 19.0. The first kappa shape index (κ1) is 30.7. The lowest BCUT2D eigenvalue weighted by Crippen LogP contribution is -2.54. The topological polar surface area (TPSA) is 96.0 Å². The Hall–Kier alpha value is -3.85. The molecular formula is C31H39N3O5S. The SMILES string of the molecule is CCOc1ccc(N(CC(=O)N(Cc2cccc(C)c2)[C@@H](Cc2ccccc2)C(=O)NC(C)C)S(C)(=O)=O)cc1. The molecule has 0 bridgehead atoms. The van der Waals surface area contributed by atoms with Gasteiger partial charge < -0.3 is 15.0 Å². The highest BCUT2D eigenvalue weighted by Crippen LogP contribution is 2.23. The minimum absolute atomic E-state index is 0.141. The molecule has 0 heterocycles. The number of hydrogen-bond donors (Lipinski definition) is 1. The first-order valence-corrected chi connectivity index (χ1v) is 15.2. The molecule has 3 aromatic rings. The van der Waals surface area contributed by atoms with Crippen LogP contribution in [0.15, 0.2) is 78.9 Å². The molecule has 0 aliphatic heterocycles. The van der Waals surface area contributed by atoms with Crippen molar-refractivity contribution in [2.45, 2.75) is 52.7 Å². The summed E-state index contributed by atoms with van der Waals surface area (Å²) in [4.78, 5) is 29.1. The number of carbonyl (C=O) groups is 2. The summed E-state index contributed by atoms with van der Waals surface area (Å²) in [7, 11) is -3.83. The van der Waals surface area contributed by atoms with E-state index in [0.29, 0.717) is 18.0 Å². The number of benzene rings is 3. The smallest absolute Gasteiger partial charge is 0.244 e. The normalized spacial score (nSPS) is 12.1. The second-order valence-corrected chi connectivity index (χ2v) is 12.0. The molecule has 0 aliphatic carbocycles. The zero-order chi connectivity index (χ0) is 29.3. The van der Waals surface area contributed by atoms with Crippen LogP contribution < -0.4 is 14.4 Å². The molecule has 0 spiro atoms. The van der Waals surface area contributed by atoms with Gasteiger partial charge in [-0.25, -0.2) is 8.42 Å². The molecule has 214 valence electrons. The molecule has 0 aliphatic rings. The lowest BCUT2D eigenvalue weighted by molar-refractivity contribution is -0.140. The summed E-state index contributed by atoms with van der Waals surface area (Å²) in [6.07, 6.45) is 1.34. The van der Waals surface area contributed by atoms with Crippen LogP contribution in [0.25, 0.3) is 0 Å². The number of sulfonamides is 1. The molecule has 3 aromatic carbocycles. The number of rotatable bonds is 13. The van der Waals surface area contributed by atoms with E-state index in [-0.39, 0.29) is 24.9 Å². The van der Waals surface area contributed by atoms with E-state index >= 15 is 0 Å². The van der Waals surface area contributed by atoms with E-state index < -0.39 is 28.5 Å². The van der Waals surface area contributed by atoms with Crippen LogP contribution in [0.4, 0.5) is 5.69 Å². The number of carbonyl (C=O) groups excluding carboxylic acids is 2. The third-order valence-electron chi connectivity index (χ3n) is 6.25. The number of aryl methyl sites for hydroxylation is 1. The van der Waals surface area contributed by atoms with Crippen LogP contribution in [0, 0.1) is 6.92 Å². The fourth-order valence-electron chi connectivity index (χ4n) is 4.43. The standard InChI is InChI=1S/C31H39N3O5S/c1-6-39-28-17-15-27(16-18-28)34(40(5,37)38)22-30(35)33(21-26-14-10-11-24(4)19-26)29(31(36)32-23(2)3)20-25-12-8-7-9-13-25/h7-19,23,29H,6,20-22H2,1-5H3,(H,32,36)/t29-/m0/s1. The van der Waals surface area contributed by atoms with Gasteiger partial charge in [-0.15, -0.1) is 0 Å². The number of nitrogens with zero attached hydrogens (tertiary/aromatic N) is 2. The maximum absolute atomic E-state index is 14.1. The number of hydrogen-bond acceptors (Lipinski definition) is 5. The van der Waals surface area contributed by atoms with Crippen LogP contribution in [0.2, 0.25) is 0 Å². The molecule has 0 unspecified atom stereocenters. The predicted molar refractivity (Wildman–Crippen MR) is 159 cm³/mol. The molecule has 8 nitrogen and oxygen atoms in total. The minimum atomic E-state index is -3.83. The molecule has 9 heteroatoms. The zero-order valence-electron chi connectivity index (χ0n) is 23.8. The average Bonchev–Trinajstić information content (AvgIpc) is 2.89. The van der Waals surface area contributed by atoms with Crippen molar-refractivity contribution in [3.05, 3.63) is 95.6 Å². The van der Waals surface area contributed by atoms with Crippen LogP contribution in [0.5, 0.6) is 5.75 Å². The maximum Gasteiger partial charge on any atom is 0.244 e. The summed E-state index contributed by atoms with van der Waals surface area (Å²) in [6, 6.07) is 22.7. The first-order valence-electron chi connectivity index (χ1n) is 13.4. The van der Waals surface area contributed by atoms with Crippen molar-refractivity contribution in [2.24, 2.45) is 0 Å². The fourth-order valence-corrected chi connectivity index (χ4v) is 5.28. The van der Waals surface area contributed by atoms with E-state index in [2.05, 4.69) is 5.32 Å². The van der Waals surface area contributed by atoms with Gasteiger partial charge in [0, 0.05) is 19.0 Å². The van der Waals surface area contributed by atoms with Crippen LogP contribution in [-0.2, 0) is 32.6 Å². The van der Waals surface area contributed by atoms with Gasteiger partial charge in [0.1, 0.15) is 18.3 Å². The van der Waals surface area contributed by atoms with Crippen molar-refractivity contribution in [3.8, 4) is 5.75 Å². The van der Waals surface area contributed by atoms with E-state index in [9.17, 15) is 18.0 Å². The molecule has 0 fully saturated rings. The third-order valence-corrected chi connectivity index (χ3v) is 7.39. The Balaban J connectivity index is 2.03. The van der Waals surface area contributed by atoms with E-state index in [1.807, 2.05) is 82.3 Å². The average molecular weight is 566 g/mol. The summed E-state index contributed by atoms with van der Waals surface area (Å²) in [5.41, 5.74) is 3.08. The van der Waals surface area contributed by atoms with Gasteiger partial charge in [-0.05, 0) is 63.1 Å². The number of anilines is 1. The molecular weight excluding hydrogens is 526 g/mol. The van der Waals surface area contributed by atoms with Crippen LogP contribution in [0.3, 0.4) is 0 Å². The monoisotopic (exact) mass is 565 g/mol. The van der Waals surface area contributed by atoms with E-state index in [1.165, 1.54) is 4.90 Å². The quantitative estimate of drug-likeness (QED) is 0.333. The maximum atomic E-state index is 14.1. The highest BCUT2D eigenvalue weighted by atomic mass is 32.2. The minimum Gasteiger partial charge on any atom is -0.494 e. The molecule has 0 saturated carbocycles. The van der Waals surface area contributed by atoms with Gasteiger partial charge in [-0.3, -0.25) is 13.9 Å². The molecule has 0 radical (unpaired) electrons. The Morgan fingerprint density at radius 1 is 0.925 bits per heavy atom. The van der Waals surface area contributed by atoms with Gasteiger partial charge in [0.05, 0.1) is 18.6 Å². The highest BCUT2D eigenvalue weighted by Gasteiger charge is 2.33. The van der Waals surface area contributed by atoms with Crippen LogP contribution in [-0.4, -0.2) is 56.6 Å². The molecule has 2 amide bonds. The second kappa shape index (κ2) is 14.0. The largest absolute Gasteiger partial charge is 0.494 e. The second-order valence-electron chi connectivity index (χ2n) is 10.1. The molecule has 1 N–H and O–H groups in total. The molecule has 1 atom stereocenters. The summed E-state index contributed by atoms with van der Waals surface area (Å²) >= 11 is 0. The Bertz CT molecular complexity index is 1380. The summed E-state index contributed by atoms with van der Waals surface area (Å²) in [5.74, 6) is -0.187. The van der Waals surface area contributed by atoms with Gasteiger partial charge in [0.2, 0.25) is 21.8 Å². The van der Waals surface area contributed by atoms with Gasteiger partial charge in [0.15, 0.2) is 0 Å². The molecule has 40 heavy (non-hydrogen) atoms. The van der Waals surface area contributed by atoms with Gasteiger partial charge in [-0.1, -0.05) is 60.2 Å². The lowest BCUT2D eigenvalue weighted by Gasteiger charge is -2.34. The number of ether oxygens (including phenoxy) is 1. The van der Waals surface area contributed by atoms with Gasteiger partial charge in [-0.2, -0.15) is 0 Å². The number of amides is 2. The highest BCUT2D eigenvalue weighted by molar-refractivity contribution is 7.92. The third kappa shape index (κ3) is 8.84. The molecule has 0 aromatic heterocycles. The molecule has 0 saturated heterocycles. The Morgan fingerprint density at radius 2 is 1.57 bits per heavy atom. The lowest BCUT2D eigenvalue weighted by atomic mass is 10.0. The van der Waals surface area contributed by atoms with Gasteiger partial charge >= 0.3 is 0 Å². The van der Waals surface area contributed by atoms with Crippen molar-refractivity contribution >= 4 is 27.5 Å². The predicted octanol–water partition coefficient (Wildman–Crippen LogP) is 4.32. The Morgan fingerprint density at radius 3 is 2.15 bits per heavy atom. The summed E-state index contributed by atoms with van der Waals surface area (Å²) in [6.45, 7) is 7.70. The van der Waals surface area contributed by atoms with Gasteiger partial charge in [0.25, 0.3) is 0 Å². The van der Waals surface area contributed by atoms with Crippen molar-refractivity contribution in [1.82, 2.24) is 10.2 Å². The summed E-state index contributed by atoms with van der Waals surface area (Å²) in [5, 5.41) is 2.95. The molecule has 3 rings (SSSR count). The summed E-state index contributed by atoms with van der Waals surface area (Å²) < 4.78 is 32.3. The Kier molecular flexibility index (Phi) is 10.7. The fraction of sp³-hybridized carbons (Fsp3) is 0.355. The van der Waals surface area contributed by atoms with E-state index in [4.69, 9.17) is 4.74 Å². The van der Waals surface area contributed by atoms with Crippen molar-refractivity contribution in [1.29, 1.82) is 0 Å². The number of nitrogens with one attached hydrogen (secondary N) is 1. The van der Waals surface area contributed by atoms with Crippen molar-refractivity contribution in [2.75, 3.05) is 23.7 Å². The van der Waals surface area contributed by atoms with Crippen molar-refractivity contribution in [3.63, 3.8) is 0 Å². The van der Waals surface area contributed by atoms with E-state index in [1.54, 1.807) is 24.3 Å². The van der Waals surface area contributed by atoms with Crippen molar-refractivity contribution < 1.29 is 22.7 Å².